The second kappa shape index (κ2) is 7.86. The third-order valence-electron chi connectivity index (χ3n) is 3.14. The Hall–Kier alpha value is -2.50. The molecular weight excluding hydrogens is 310 g/mol. The predicted octanol–water partition coefficient (Wildman–Crippen LogP) is 2.93. The number of hydrogen-bond acceptors (Lipinski definition) is 5. The number of benzene rings is 1. The lowest BCUT2D eigenvalue weighted by Gasteiger charge is -2.20. The van der Waals surface area contributed by atoms with Crippen LogP contribution in [0.2, 0.25) is 0 Å². The molecule has 1 aromatic rings. The fourth-order valence-electron chi connectivity index (χ4n) is 2.14. The van der Waals surface area contributed by atoms with Crippen LogP contribution in [-0.4, -0.2) is 30.3 Å². The summed E-state index contributed by atoms with van der Waals surface area (Å²) in [6, 6.07) is 9.22. The first kappa shape index (κ1) is 17.8. The van der Waals surface area contributed by atoms with E-state index >= 15 is 0 Å². The third kappa shape index (κ3) is 6.32. The van der Waals surface area contributed by atoms with E-state index in [1.807, 2.05) is 30.3 Å². The Morgan fingerprint density at radius 1 is 1.29 bits per heavy atom. The molecule has 0 aromatic heterocycles. The molecule has 0 saturated carbocycles. The second-order valence-electron chi connectivity index (χ2n) is 6.56. The quantitative estimate of drug-likeness (QED) is 0.677. The summed E-state index contributed by atoms with van der Waals surface area (Å²) in [4.78, 5) is 23.5. The Morgan fingerprint density at radius 3 is 2.67 bits per heavy atom. The van der Waals surface area contributed by atoms with Crippen LogP contribution in [0.3, 0.4) is 0 Å². The van der Waals surface area contributed by atoms with Crippen molar-refractivity contribution in [3.8, 4) is 0 Å². The molecule has 0 aliphatic carbocycles. The highest BCUT2D eigenvalue weighted by Crippen LogP contribution is 2.18. The number of hydrogen-bond donors (Lipinski definition) is 1. The molecular formula is C18H23NO5. The van der Waals surface area contributed by atoms with Gasteiger partial charge in [0.25, 0.3) is 0 Å². The first-order valence-corrected chi connectivity index (χ1v) is 7.85. The second-order valence-corrected chi connectivity index (χ2v) is 6.56. The number of alkyl carbamates (subject to hydrolysis) is 1. The van der Waals surface area contributed by atoms with Crippen molar-refractivity contribution in [3.05, 3.63) is 47.7 Å². The first-order chi connectivity index (χ1) is 11.3. The zero-order chi connectivity index (χ0) is 17.6. The minimum absolute atomic E-state index is 0.211. The van der Waals surface area contributed by atoms with Gasteiger partial charge in [0.1, 0.15) is 24.6 Å². The lowest BCUT2D eigenvalue weighted by molar-refractivity contribution is -0.139. The van der Waals surface area contributed by atoms with E-state index in [1.54, 1.807) is 20.8 Å². The number of carbonyl (C=O) groups excluding carboxylic acids is 2. The minimum Gasteiger partial charge on any atom is -0.495 e. The normalized spacial score (nSPS) is 18.8. The van der Waals surface area contributed by atoms with Gasteiger partial charge in [-0.2, -0.15) is 0 Å². The Kier molecular flexibility index (Phi) is 5.84. The van der Waals surface area contributed by atoms with Gasteiger partial charge in [0, 0.05) is 6.42 Å². The van der Waals surface area contributed by atoms with E-state index in [-0.39, 0.29) is 12.6 Å². The van der Waals surface area contributed by atoms with Gasteiger partial charge in [-0.05, 0) is 26.3 Å². The summed E-state index contributed by atoms with van der Waals surface area (Å²) < 4.78 is 15.8. The Balaban J connectivity index is 1.76. The van der Waals surface area contributed by atoms with Crippen LogP contribution in [0.25, 0.3) is 0 Å². The molecule has 6 nitrogen and oxygen atoms in total. The van der Waals surface area contributed by atoms with Crippen LogP contribution >= 0.6 is 0 Å². The topological polar surface area (TPSA) is 73.9 Å². The number of nitrogens with one attached hydrogen (secondary N) is 1. The molecule has 0 bridgehead atoms. The van der Waals surface area contributed by atoms with Crippen molar-refractivity contribution >= 4 is 12.1 Å². The van der Waals surface area contributed by atoms with Crippen molar-refractivity contribution in [2.75, 3.05) is 6.61 Å². The lowest BCUT2D eigenvalue weighted by Crippen LogP contribution is -2.39. The molecule has 2 rings (SSSR count). The largest absolute Gasteiger partial charge is 0.495 e. The van der Waals surface area contributed by atoms with Crippen LogP contribution in [0.1, 0.15) is 32.8 Å². The van der Waals surface area contributed by atoms with Gasteiger partial charge in [0.2, 0.25) is 0 Å². The Morgan fingerprint density at radius 2 is 2.00 bits per heavy atom. The highest BCUT2D eigenvalue weighted by Gasteiger charge is 2.26. The molecule has 1 amide bonds. The number of amides is 1. The van der Waals surface area contributed by atoms with Gasteiger partial charge < -0.3 is 19.5 Å². The molecule has 6 heteroatoms. The molecule has 1 atom stereocenters. The van der Waals surface area contributed by atoms with Gasteiger partial charge in [0.15, 0.2) is 0 Å². The molecule has 1 aromatic carbocycles. The maximum atomic E-state index is 11.8. The molecule has 1 aliphatic rings. The summed E-state index contributed by atoms with van der Waals surface area (Å²) >= 11 is 0. The maximum Gasteiger partial charge on any atom is 0.408 e. The molecule has 1 heterocycles. The molecule has 1 saturated heterocycles. The van der Waals surface area contributed by atoms with Crippen LogP contribution in [0, 0.1) is 0 Å². The lowest BCUT2D eigenvalue weighted by atomic mass is 10.2. The van der Waals surface area contributed by atoms with Gasteiger partial charge in [0.05, 0.1) is 12.1 Å². The summed E-state index contributed by atoms with van der Waals surface area (Å²) in [5.74, 6) is 0.0286. The van der Waals surface area contributed by atoms with Crippen molar-refractivity contribution in [2.24, 2.45) is 0 Å². The molecule has 1 fully saturated rings. The van der Waals surface area contributed by atoms with Crippen LogP contribution < -0.4 is 5.32 Å². The van der Waals surface area contributed by atoms with E-state index < -0.39 is 17.7 Å². The SMILES string of the molecule is CC(C)(C)OC(=O)N[C@@H]1CO/C(=C/C(=O)OCc2ccccc2)C1. The molecule has 130 valence electrons. The molecule has 24 heavy (non-hydrogen) atoms. The van der Waals surface area contributed by atoms with Gasteiger partial charge in [-0.25, -0.2) is 9.59 Å². The van der Waals surface area contributed by atoms with E-state index in [9.17, 15) is 9.59 Å². The summed E-state index contributed by atoms with van der Waals surface area (Å²) in [6.45, 7) is 5.91. The highest BCUT2D eigenvalue weighted by atomic mass is 16.6. The molecule has 0 radical (unpaired) electrons. The van der Waals surface area contributed by atoms with E-state index in [2.05, 4.69) is 5.32 Å². The van der Waals surface area contributed by atoms with E-state index in [4.69, 9.17) is 14.2 Å². The van der Waals surface area contributed by atoms with Crippen LogP contribution in [0.4, 0.5) is 4.79 Å². The summed E-state index contributed by atoms with van der Waals surface area (Å²) in [6.07, 6.45) is 1.25. The fourth-order valence-corrected chi connectivity index (χ4v) is 2.14. The zero-order valence-electron chi connectivity index (χ0n) is 14.2. The van der Waals surface area contributed by atoms with Crippen molar-refractivity contribution < 1.29 is 23.8 Å². The third-order valence-corrected chi connectivity index (χ3v) is 3.14. The Bertz CT molecular complexity index is 604. The Labute approximate surface area is 141 Å². The summed E-state index contributed by atoms with van der Waals surface area (Å²) in [5.41, 5.74) is 0.366. The van der Waals surface area contributed by atoms with Crippen molar-refractivity contribution in [1.29, 1.82) is 0 Å². The first-order valence-electron chi connectivity index (χ1n) is 7.85. The zero-order valence-corrected chi connectivity index (χ0v) is 14.2. The average molecular weight is 333 g/mol. The van der Waals surface area contributed by atoms with Gasteiger partial charge in [-0.1, -0.05) is 30.3 Å². The van der Waals surface area contributed by atoms with Gasteiger partial charge in [-0.3, -0.25) is 0 Å². The van der Waals surface area contributed by atoms with Crippen LogP contribution in [0.5, 0.6) is 0 Å². The molecule has 0 unspecified atom stereocenters. The molecule has 1 N–H and O–H groups in total. The predicted molar refractivity (Wildman–Crippen MR) is 88.0 cm³/mol. The summed E-state index contributed by atoms with van der Waals surface area (Å²) in [7, 11) is 0. The van der Waals surface area contributed by atoms with E-state index in [0.29, 0.717) is 18.8 Å². The van der Waals surface area contributed by atoms with Gasteiger partial charge >= 0.3 is 12.1 Å². The van der Waals surface area contributed by atoms with Crippen LogP contribution in [0.15, 0.2) is 42.2 Å². The average Bonchev–Trinajstić information content (AvgIpc) is 2.91. The number of esters is 1. The van der Waals surface area contributed by atoms with Crippen molar-refractivity contribution in [3.63, 3.8) is 0 Å². The van der Waals surface area contributed by atoms with Crippen LogP contribution in [-0.2, 0) is 25.6 Å². The summed E-state index contributed by atoms with van der Waals surface area (Å²) in [5, 5.41) is 2.72. The fraction of sp³-hybridized carbons (Fsp3) is 0.444. The number of carbonyl (C=O) groups is 2. The number of rotatable bonds is 4. The minimum atomic E-state index is -0.552. The smallest absolute Gasteiger partial charge is 0.408 e. The van der Waals surface area contributed by atoms with E-state index in [0.717, 1.165) is 5.56 Å². The maximum absolute atomic E-state index is 11.8. The monoisotopic (exact) mass is 333 g/mol. The van der Waals surface area contributed by atoms with E-state index in [1.165, 1.54) is 6.08 Å². The molecule has 1 aliphatic heterocycles. The van der Waals surface area contributed by atoms with Gasteiger partial charge in [-0.15, -0.1) is 0 Å². The highest BCUT2D eigenvalue weighted by molar-refractivity contribution is 5.82. The van der Waals surface area contributed by atoms with Crippen molar-refractivity contribution in [1.82, 2.24) is 5.32 Å². The van der Waals surface area contributed by atoms with Crippen molar-refractivity contribution in [2.45, 2.75) is 45.4 Å². The standard InChI is InChI=1S/C18H23NO5/c1-18(2,3)24-17(21)19-14-9-15(22-12-14)10-16(20)23-11-13-7-5-4-6-8-13/h4-8,10,14H,9,11-12H2,1-3H3,(H,19,21)/b15-10+/t14-/m0/s1. The molecule has 0 spiro atoms. The number of ether oxygens (including phenoxy) is 3.